The minimum atomic E-state index is -0.247. The summed E-state index contributed by atoms with van der Waals surface area (Å²) in [5.74, 6) is 0.329. The monoisotopic (exact) mass is 290 g/mol. The van der Waals surface area contributed by atoms with Crippen molar-refractivity contribution in [2.24, 2.45) is 0 Å². The number of benzene rings is 1. The molecule has 1 saturated heterocycles. The second-order valence-corrected chi connectivity index (χ2v) is 6.18. The number of aromatic amines is 1. The van der Waals surface area contributed by atoms with E-state index in [-0.39, 0.29) is 5.82 Å². The van der Waals surface area contributed by atoms with Crippen LogP contribution in [0.5, 0.6) is 5.75 Å². The molecule has 1 N–H and O–H groups in total. The summed E-state index contributed by atoms with van der Waals surface area (Å²) in [6, 6.07) is 4.48. The maximum Gasteiger partial charge on any atom is 0.150 e. The molecule has 1 aliphatic rings. The number of hydrogen-bond acceptors (Lipinski definition) is 2. The molecule has 0 saturated carbocycles. The molecular formula is C17H23FN2O. The molecule has 0 spiro atoms. The Balaban J connectivity index is 1.92. The lowest BCUT2D eigenvalue weighted by molar-refractivity contribution is 0.203. The number of hydrogen-bond donors (Lipinski definition) is 1. The van der Waals surface area contributed by atoms with E-state index in [1.807, 2.05) is 12.3 Å². The van der Waals surface area contributed by atoms with Crippen LogP contribution in [0.2, 0.25) is 0 Å². The Kier molecular flexibility index (Phi) is 3.89. The molecule has 0 bridgehead atoms. The second kappa shape index (κ2) is 5.68. The van der Waals surface area contributed by atoms with Crippen LogP contribution in [-0.4, -0.2) is 35.6 Å². The predicted octanol–water partition coefficient (Wildman–Crippen LogP) is 3.73. The first-order chi connectivity index (χ1) is 10.1. The van der Waals surface area contributed by atoms with Crippen molar-refractivity contribution in [3.8, 4) is 5.75 Å². The van der Waals surface area contributed by atoms with Gasteiger partial charge in [0.2, 0.25) is 0 Å². The number of ether oxygens (including phenoxy) is 1. The largest absolute Gasteiger partial charge is 0.497 e. The highest BCUT2D eigenvalue weighted by molar-refractivity contribution is 5.85. The molecule has 21 heavy (non-hydrogen) atoms. The van der Waals surface area contributed by atoms with Crippen molar-refractivity contribution in [2.75, 3.05) is 13.7 Å². The third kappa shape index (κ3) is 2.64. The normalized spacial score (nSPS) is 19.8. The molecule has 4 heteroatoms. The molecule has 0 radical (unpaired) electrons. The second-order valence-electron chi connectivity index (χ2n) is 6.18. The Labute approximate surface area is 125 Å². The molecule has 1 aromatic carbocycles. The smallest absolute Gasteiger partial charge is 0.150 e. The summed E-state index contributed by atoms with van der Waals surface area (Å²) in [4.78, 5) is 5.63. The van der Waals surface area contributed by atoms with Crippen LogP contribution >= 0.6 is 0 Å². The number of H-pyrrole nitrogens is 1. The van der Waals surface area contributed by atoms with E-state index >= 15 is 0 Å². The topological polar surface area (TPSA) is 28.3 Å². The van der Waals surface area contributed by atoms with Gasteiger partial charge in [-0.25, -0.2) is 4.39 Å². The highest BCUT2D eigenvalue weighted by Gasteiger charge is 2.27. The van der Waals surface area contributed by atoms with Gasteiger partial charge >= 0.3 is 0 Å². The van der Waals surface area contributed by atoms with E-state index in [9.17, 15) is 4.39 Å². The SMILES string of the molecule is COc1cc(F)c2[nH]cc(C[C@H]3CCCN3C(C)C)c2c1. The zero-order chi connectivity index (χ0) is 15.0. The number of rotatable bonds is 4. The number of fused-ring (bicyclic) bond motifs is 1. The van der Waals surface area contributed by atoms with Crippen molar-refractivity contribution in [1.82, 2.24) is 9.88 Å². The van der Waals surface area contributed by atoms with Crippen LogP contribution < -0.4 is 4.74 Å². The third-order valence-corrected chi connectivity index (χ3v) is 4.58. The first-order valence-electron chi connectivity index (χ1n) is 7.69. The van der Waals surface area contributed by atoms with Crippen molar-refractivity contribution in [2.45, 2.75) is 45.2 Å². The van der Waals surface area contributed by atoms with Gasteiger partial charge in [-0.3, -0.25) is 4.90 Å². The molecule has 2 aromatic rings. The molecule has 1 atom stereocenters. The van der Waals surface area contributed by atoms with Crippen molar-refractivity contribution in [3.63, 3.8) is 0 Å². The van der Waals surface area contributed by atoms with Gasteiger partial charge in [0.05, 0.1) is 12.6 Å². The van der Waals surface area contributed by atoms with Crippen molar-refractivity contribution in [1.29, 1.82) is 0 Å². The quantitative estimate of drug-likeness (QED) is 0.929. The molecule has 114 valence electrons. The summed E-state index contributed by atoms with van der Waals surface area (Å²) in [5.41, 5.74) is 1.76. The number of methoxy groups -OCH3 is 1. The molecule has 1 fully saturated rings. The fourth-order valence-electron chi connectivity index (χ4n) is 3.52. The lowest BCUT2D eigenvalue weighted by Crippen LogP contribution is -2.36. The first kappa shape index (κ1) is 14.4. The standard InChI is InChI=1S/C17H23FN2O/c1-11(2)20-6-4-5-13(20)7-12-10-19-17-15(12)8-14(21-3)9-16(17)18/h8-11,13,19H,4-7H2,1-3H3/t13-/m1/s1. The molecule has 1 aromatic heterocycles. The van der Waals surface area contributed by atoms with E-state index in [1.54, 1.807) is 7.11 Å². The predicted molar refractivity (Wildman–Crippen MR) is 83.4 cm³/mol. The van der Waals surface area contributed by atoms with Crippen molar-refractivity contribution in [3.05, 3.63) is 29.7 Å². The first-order valence-corrected chi connectivity index (χ1v) is 7.69. The molecule has 3 nitrogen and oxygen atoms in total. The van der Waals surface area contributed by atoms with E-state index < -0.39 is 0 Å². The number of likely N-dealkylation sites (tertiary alicyclic amines) is 1. The fourth-order valence-corrected chi connectivity index (χ4v) is 3.52. The van der Waals surface area contributed by atoms with Crippen LogP contribution in [-0.2, 0) is 6.42 Å². The van der Waals surface area contributed by atoms with Gasteiger partial charge in [-0.2, -0.15) is 0 Å². The average molecular weight is 290 g/mol. The van der Waals surface area contributed by atoms with E-state index in [2.05, 4.69) is 23.7 Å². The zero-order valence-electron chi connectivity index (χ0n) is 12.9. The molecule has 0 amide bonds. The van der Waals surface area contributed by atoms with Gasteiger partial charge in [-0.1, -0.05) is 0 Å². The molecule has 3 rings (SSSR count). The van der Waals surface area contributed by atoms with Gasteiger partial charge in [0.1, 0.15) is 5.75 Å². The van der Waals surface area contributed by atoms with E-state index in [1.165, 1.54) is 31.0 Å². The van der Waals surface area contributed by atoms with Crippen LogP contribution in [0.3, 0.4) is 0 Å². The summed E-state index contributed by atoms with van der Waals surface area (Å²) in [6.07, 6.45) is 5.38. The molecule has 0 unspecified atom stereocenters. The lowest BCUT2D eigenvalue weighted by Gasteiger charge is -2.28. The van der Waals surface area contributed by atoms with Gasteiger partial charge in [-0.05, 0) is 51.3 Å². The minimum absolute atomic E-state index is 0.247. The number of aromatic nitrogens is 1. The Bertz CT molecular complexity index is 635. The Morgan fingerprint density at radius 2 is 2.24 bits per heavy atom. The van der Waals surface area contributed by atoms with Gasteiger partial charge in [0.15, 0.2) is 5.82 Å². The maximum atomic E-state index is 14.0. The number of halogens is 1. The summed E-state index contributed by atoms with van der Waals surface area (Å²) in [5, 5.41) is 0.947. The van der Waals surface area contributed by atoms with Gasteiger partial charge in [-0.15, -0.1) is 0 Å². The minimum Gasteiger partial charge on any atom is -0.497 e. The highest BCUT2D eigenvalue weighted by atomic mass is 19.1. The lowest BCUT2D eigenvalue weighted by atomic mass is 10.0. The van der Waals surface area contributed by atoms with E-state index in [4.69, 9.17) is 4.74 Å². The summed E-state index contributed by atoms with van der Waals surface area (Å²) < 4.78 is 19.2. The summed E-state index contributed by atoms with van der Waals surface area (Å²) in [7, 11) is 1.57. The Hall–Kier alpha value is -1.55. The highest BCUT2D eigenvalue weighted by Crippen LogP contribution is 2.30. The van der Waals surface area contributed by atoms with Crippen LogP contribution in [0.25, 0.3) is 10.9 Å². The average Bonchev–Trinajstić information content (AvgIpc) is 3.07. The third-order valence-electron chi connectivity index (χ3n) is 4.58. The van der Waals surface area contributed by atoms with Gasteiger partial charge < -0.3 is 9.72 Å². The summed E-state index contributed by atoms with van der Waals surface area (Å²) >= 11 is 0. The zero-order valence-corrected chi connectivity index (χ0v) is 12.9. The fraction of sp³-hybridized carbons (Fsp3) is 0.529. The Morgan fingerprint density at radius 1 is 1.43 bits per heavy atom. The van der Waals surface area contributed by atoms with E-state index in [0.717, 1.165) is 11.8 Å². The number of nitrogens with one attached hydrogen (secondary N) is 1. The summed E-state index contributed by atoms with van der Waals surface area (Å²) in [6.45, 7) is 5.66. The van der Waals surface area contributed by atoms with Crippen LogP contribution in [0.1, 0.15) is 32.3 Å². The van der Waals surface area contributed by atoms with Gasteiger partial charge in [0, 0.05) is 29.7 Å². The molecule has 2 heterocycles. The molecular weight excluding hydrogens is 267 g/mol. The van der Waals surface area contributed by atoms with Crippen LogP contribution in [0.15, 0.2) is 18.3 Å². The van der Waals surface area contributed by atoms with E-state index in [0.29, 0.717) is 23.3 Å². The Morgan fingerprint density at radius 3 is 2.95 bits per heavy atom. The van der Waals surface area contributed by atoms with Gasteiger partial charge in [0.25, 0.3) is 0 Å². The molecule has 0 aliphatic carbocycles. The van der Waals surface area contributed by atoms with Crippen LogP contribution in [0, 0.1) is 5.82 Å². The maximum absolute atomic E-state index is 14.0. The molecule has 1 aliphatic heterocycles. The number of nitrogens with zero attached hydrogens (tertiary/aromatic N) is 1. The van der Waals surface area contributed by atoms with Crippen molar-refractivity contribution < 1.29 is 9.13 Å². The van der Waals surface area contributed by atoms with Crippen LogP contribution in [0.4, 0.5) is 4.39 Å². The van der Waals surface area contributed by atoms with Crippen molar-refractivity contribution >= 4 is 10.9 Å².